The van der Waals surface area contributed by atoms with Crippen LogP contribution in [0.2, 0.25) is 5.02 Å². The van der Waals surface area contributed by atoms with Gasteiger partial charge in [-0.3, -0.25) is 4.99 Å². The summed E-state index contributed by atoms with van der Waals surface area (Å²) in [6, 6.07) is 22.5. The molecule has 0 aliphatic heterocycles. The summed E-state index contributed by atoms with van der Waals surface area (Å²) in [5.41, 5.74) is 3.61. The Kier molecular flexibility index (Phi) is 5.33. The zero-order chi connectivity index (χ0) is 19.7. The highest BCUT2D eigenvalue weighted by Crippen LogP contribution is 2.50. The molecule has 1 aliphatic rings. The van der Waals surface area contributed by atoms with Gasteiger partial charge in [0.2, 0.25) is 0 Å². The van der Waals surface area contributed by atoms with E-state index in [2.05, 4.69) is 15.9 Å². The number of rotatable bonds is 5. The summed E-state index contributed by atoms with van der Waals surface area (Å²) in [6.07, 6.45) is 0.962. The van der Waals surface area contributed by atoms with Crippen LogP contribution in [0.3, 0.4) is 0 Å². The summed E-state index contributed by atoms with van der Waals surface area (Å²) in [5.74, 6) is -0.661. The molecule has 140 valence electrons. The predicted octanol–water partition coefficient (Wildman–Crippen LogP) is 5.39. The first kappa shape index (κ1) is 18.9. The summed E-state index contributed by atoms with van der Waals surface area (Å²) in [6.45, 7) is 0. The smallest absolute Gasteiger partial charge is 0.0737 e. The van der Waals surface area contributed by atoms with Gasteiger partial charge in [0.05, 0.1) is 17.4 Å². The third kappa shape index (κ3) is 4.03. The molecule has 28 heavy (non-hydrogen) atoms. The maximum atomic E-state index is 11.5. The number of hydrogen-bond donors (Lipinski definition) is 0. The van der Waals surface area contributed by atoms with E-state index >= 15 is 0 Å². The van der Waals surface area contributed by atoms with Gasteiger partial charge in [-0.05, 0) is 53.8 Å². The fourth-order valence-corrected chi connectivity index (χ4v) is 3.82. The molecule has 3 aromatic carbocycles. The molecule has 0 N–H and O–H groups in total. The van der Waals surface area contributed by atoms with Gasteiger partial charge in [0.15, 0.2) is 0 Å². The molecule has 1 aliphatic carbocycles. The van der Waals surface area contributed by atoms with Gasteiger partial charge < -0.3 is 9.90 Å². The van der Waals surface area contributed by atoms with E-state index < -0.39 is 5.97 Å². The third-order valence-corrected chi connectivity index (χ3v) is 5.73. The van der Waals surface area contributed by atoms with Crippen LogP contribution in [-0.4, -0.2) is 11.7 Å². The molecule has 0 heterocycles. The molecule has 3 aromatic rings. The fraction of sp³-hybridized carbons (Fsp3) is 0.130. The Morgan fingerprint density at radius 1 is 1.00 bits per heavy atom. The molecule has 0 spiro atoms. The van der Waals surface area contributed by atoms with Gasteiger partial charge in [0.1, 0.15) is 0 Å². The first-order chi connectivity index (χ1) is 13.5. The molecule has 0 bridgehead atoms. The van der Waals surface area contributed by atoms with Crippen LogP contribution in [0.1, 0.15) is 33.8 Å². The Hall–Kier alpha value is -2.43. The number of carboxylic acid groups (broad SMARTS) is 1. The Balaban J connectivity index is 1.75. The molecule has 0 aromatic heterocycles. The van der Waals surface area contributed by atoms with Crippen molar-refractivity contribution in [3.05, 3.63) is 99.0 Å². The van der Waals surface area contributed by atoms with Crippen molar-refractivity contribution in [2.75, 3.05) is 0 Å². The zero-order valence-corrected chi connectivity index (χ0v) is 17.2. The SMILES string of the molecule is O=C([O-])c1ccccc1N=C(c1ccc(Br)cc1)C1CC1c1ccc(Cl)cc1. The number of carboxylic acids is 1. The first-order valence-corrected chi connectivity index (χ1v) is 10.1. The molecule has 1 saturated carbocycles. The highest BCUT2D eigenvalue weighted by atomic mass is 79.9. The Morgan fingerprint density at radius 3 is 2.36 bits per heavy atom. The second-order valence-electron chi connectivity index (χ2n) is 6.81. The number of carbonyl (C=O) groups excluding carboxylic acids is 1. The van der Waals surface area contributed by atoms with Gasteiger partial charge in [0.25, 0.3) is 0 Å². The average molecular weight is 454 g/mol. The molecule has 3 nitrogen and oxygen atoms in total. The largest absolute Gasteiger partial charge is 0.545 e. The van der Waals surface area contributed by atoms with Crippen LogP contribution >= 0.6 is 27.5 Å². The third-order valence-electron chi connectivity index (χ3n) is 4.94. The number of halogens is 2. The number of carbonyl (C=O) groups is 1. The van der Waals surface area contributed by atoms with Crippen LogP contribution in [0.4, 0.5) is 5.69 Å². The van der Waals surface area contributed by atoms with Crippen LogP contribution in [-0.2, 0) is 0 Å². The Bertz CT molecular complexity index is 1040. The van der Waals surface area contributed by atoms with E-state index in [9.17, 15) is 9.90 Å². The van der Waals surface area contributed by atoms with E-state index in [0.717, 1.165) is 22.2 Å². The molecular formula is C23H16BrClNO2-. The van der Waals surface area contributed by atoms with E-state index in [1.165, 1.54) is 11.6 Å². The maximum absolute atomic E-state index is 11.5. The first-order valence-electron chi connectivity index (χ1n) is 8.93. The van der Waals surface area contributed by atoms with E-state index in [1.807, 2.05) is 48.5 Å². The van der Waals surface area contributed by atoms with Gasteiger partial charge in [-0.1, -0.05) is 70.0 Å². The van der Waals surface area contributed by atoms with Crippen molar-refractivity contribution >= 4 is 44.9 Å². The van der Waals surface area contributed by atoms with Crippen LogP contribution in [0.15, 0.2) is 82.3 Å². The van der Waals surface area contributed by atoms with E-state index in [0.29, 0.717) is 16.6 Å². The van der Waals surface area contributed by atoms with Crippen molar-refractivity contribution in [1.29, 1.82) is 0 Å². The minimum Gasteiger partial charge on any atom is -0.545 e. The number of hydrogen-bond acceptors (Lipinski definition) is 3. The fourth-order valence-electron chi connectivity index (χ4n) is 3.43. The average Bonchev–Trinajstić information content (AvgIpc) is 3.48. The van der Waals surface area contributed by atoms with E-state index in [4.69, 9.17) is 16.6 Å². The van der Waals surface area contributed by atoms with Crippen molar-refractivity contribution in [2.24, 2.45) is 10.9 Å². The highest BCUT2D eigenvalue weighted by molar-refractivity contribution is 9.10. The number of nitrogens with zero attached hydrogens (tertiary/aromatic N) is 1. The van der Waals surface area contributed by atoms with Gasteiger partial charge in [-0.15, -0.1) is 0 Å². The summed E-state index contributed by atoms with van der Waals surface area (Å²) in [5, 5.41) is 12.2. The number of aliphatic imine (C=N–C) groups is 1. The molecule has 5 heteroatoms. The van der Waals surface area contributed by atoms with Crippen molar-refractivity contribution in [1.82, 2.24) is 0 Å². The standard InChI is InChI=1S/C23H17BrClNO2/c24-16-9-5-15(6-10-16)22(26-21-4-2-1-3-18(21)23(27)28)20-13-19(20)14-7-11-17(25)12-8-14/h1-12,19-20H,13H2,(H,27,28)/p-1. The van der Waals surface area contributed by atoms with Crippen molar-refractivity contribution in [3.8, 4) is 0 Å². The molecule has 2 atom stereocenters. The second kappa shape index (κ2) is 7.90. The van der Waals surface area contributed by atoms with Crippen LogP contribution in [0.5, 0.6) is 0 Å². The molecule has 0 radical (unpaired) electrons. The monoisotopic (exact) mass is 452 g/mol. The maximum Gasteiger partial charge on any atom is 0.0737 e. The zero-order valence-electron chi connectivity index (χ0n) is 14.8. The molecule has 1 fully saturated rings. The number of para-hydroxylation sites is 1. The van der Waals surface area contributed by atoms with Crippen molar-refractivity contribution < 1.29 is 9.90 Å². The lowest BCUT2D eigenvalue weighted by Gasteiger charge is -2.11. The summed E-state index contributed by atoms with van der Waals surface area (Å²) in [7, 11) is 0. The van der Waals surface area contributed by atoms with Crippen LogP contribution < -0.4 is 5.11 Å². The summed E-state index contributed by atoms with van der Waals surface area (Å²) >= 11 is 9.47. The minimum atomic E-state index is -1.22. The Labute approximate surface area is 176 Å². The predicted molar refractivity (Wildman–Crippen MR) is 113 cm³/mol. The lowest BCUT2D eigenvalue weighted by molar-refractivity contribution is -0.254. The molecule has 2 unspecified atom stereocenters. The van der Waals surface area contributed by atoms with Gasteiger partial charge in [0, 0.05) is 21.0 Å². The molecular weight excluding hydrogens is 438 g/mol. The summed E-state index contributed by atoms with van der Waals surface area (Å²) in [4.78, 5) is 16.3. The number of benzene rings is 3. The second-order valence-corrected chi connectivity index (χ2v) is 8.16. The van der Waals surface area contributed by atoms with Gasteiger partial charge in [-0.2, -0.15) is 0 Å². The normalized spacial score (nSPS) is 18.7. The van der Waals surface area contributed by atoms with E-state index in [1.54, 1.807) is 18.2 Å². The van der Waals surface area contributed by atoms with Gasteiger partial charge >= 0.3 is 0 Å². The lowest BCUT2D eigenvalue weighted by Crippen LogP contribution is -2.22. The van der Waals surface area contributed by atoms with Gasteiger partial charge in [-0.25, -0.2) is 0 Å². The molecule has 0 saturated heterocycles. The van der Waals surface area contributed by atoms with E-state index in [-0.39, 0.29) is 11.5 Å². The van der Waals surface area contributed by atoms with Crippen molar-refractivity contribution in [2.45, 2.75) is 12.3 Å². The topological polar surface area (TPSA) is 52.5 Å². The number of aromatic carboxylic acids is 1. The van der Waals surface area contributed by atoms with Crippen LogP contribution in [0, 0.1) is 5.92 Å². The molecule has 0 amide bonds. The molecule has 4 rings (SSSR count). The quantitative estimate of drug-likeness (QED) is 0.486. The Morgan fingerprint density at radius 2 is 1.68 bits per heavy atom. The van der Waals surface area contributed by atoms with Crippen molar-refractivity contribution in [3.63, 3.8) is 0 Å². The highest BCUT2D eigenvalue weighted by Gasteiger charge is 2.42. The van der Waals surface area contributed by atoms with Crippen LogP contribution in [0.25, 0.3) is 0 Å². The summed E-state index contributed by atoms with van der Waals surface area (Å²) < 4.78 is 0.982. The minimum absolute atomic E-state index is 0.0980. The lowest BCUT2D eigenvalue weighted by atomic mass is 10.0.